The molecular weight excluding hydrogens is 494 g/mol. The molecule has 1 N–H and O–H groups in total. The van der Waals surface area contributed by atoms with E-state index in [9.17, 15) is 4.79 Å². The molecule has 0 spiro atoms. The number of benzene rings is 3. The first kappa shape index (κ1) is 27.6. The first-order valence-electron chi connectivity index (χ1n) is 13.0. The third kappa shape index (κ3) is 6.71. The Hall–Kier alpha value is -4.46. The van der Waals surface area contributed by atoms with E-state index >= 15 is 0 Å². The largest absolute Gasteiger partial charge is 0.493 e. The van der Waals surface area contributed by atoms with Gasteiger partial charge in [0.2, 0.25) is 0 Å². The number of para-hydroxylation sites is 2. The maximum atomic E-state index is 12.7. The third-order valence-electron chi connectivity index (χ3n) is 6.34. The van der Waals surface area contributed by atoms with Crippen LogP contribution < -0.4 is 24.3 Å². The van der Waals surface area contributed by atoms with E-state index in [4.69, 9.17) is 23.9 Å². The van der Waals surface area contributed by atoms with E-state index in [2.05, 4.69) is 16.0 Å². The number of nitrogens with one attached hydrogen (secondary N) is 1. The van der Waals surface area contributed by atoms with E-state index in [1.54, 1.807) is 39.5 Å². The molecule has 0 saturated carbocycles. The first-order chi connectivity index (χ1) is 19.1. The van der Waals surface area contributed by atoms with Gasteiger partial charge in [0.1, 0.15) is 5.82 Å². The Balaban J connectivity index is 1.38. The number of hydrogen-bond acceptors (Lipinski definition) is 6. The van der Waals surface area contributed by atoms with Gasteiger partial charge in [0.15, 0.2) is 23.0 Å². The summed E-state index contributed by atoms with van der Waals surface area (Å²) >= 11 is 0. The second kappa shape index (κ2) is 13.4. The van der Waals surface area contributed by atoms with E-state index in [1.807, 2.05) is 55.5 Å². The monoisotopic (exact) mass is 529 g/mol. The van der Waals surface area contributed by atoms with E-state index in [-0.39, 0.29) is 5.91 Å². The molecule has 0 atom stereocenters. The molecule has 0 radical (unpaired) electrons. The average molecular weight is 530 g/mol. The van der Waals surface area contributed by atoms with Crippen LogP contribution in [0.2, 0.25) is 0 Å². The van der Waals surface area contributed by atoms with Crippen molar-refractivity contribution in [3.8, 4) is 23.0 Å². The molecule has 3 aromatic carbocycles. The summed E-state index contributed by atoms with van der Waals surface area (Å²) in [5.41, 5.74) is 3.56. The summed E-state index contributed by atoms with van der Waals surface area (Å²) in [5, 5.41) is 2.99. The summed E-state index contributed by atoms with van der Waals surface area (Å²) in [5.74, 6) is 3.26. The molecular formula is C31H35N3O5. The highest BCUT2D eigenvalue weighted by Crippen LogP contribution is 2.29. The van der Waals surface area contributed by atoms with Gasteiger partial charge in [-0.3, -0.25) is 4.79 Å². The van der Waals surface area contributed by atoms with Gasteiger partial charge >= 0.3 is 0 Å². The molecule has 1 aromatic heterocycles. The molecule has 1 heterocycles. The molecule has 0 unspecified atom stereocenters. The predicted octanol–water partition coefficient (Wildman–Crippen LogP) is 5.54. The SMILES string of the molecule is C/C=C/c1ccc(OCCCn2c(CCNC(=O)c3ccc(OC)c(OC)c3)nc3ccccc32)c(OC)c1. The first-order valence-corrected chi connectivity index (χ1v) is 13.0. The molecule has 1 amide bonds. The van der Waals surface area contributed by atoms with Gasteiger partial charge in [0.05, 0.1) is 39.0 Å². The number of methoxy groups -OCH3 is 3. The maximum absolute atomic E-state index is 12.7. The molecule has 4 rings (SSSR count). The lowest BCUT2D eigenvalue weighted by molar-refractivity contribution is 0.0953. The Labute approximate surface area is 229 Å². The maximum Gasteiger partial charge on any atom is 0.251 e. The van der Waals surface area contributed by atoms with Gasteiger partial charge < -0.3 is 28.8 Å². The lowest BCUT2D eigenvalue weighted by atomic mass is 10.2. The number of carbonyl (C=O) groups excluding carboxylic acids is 1. The Kier molecular flexibility index (Phi) is 9.45. The second-order valence-electron chi connectivity index (χ2n) is 8.86. The summed E-state index contributed by atoms with van der Waals surface area (Å²) in [6.45, 7) is 3.69. The highest BCUT2D eigenvalue weighted by Gasteiger charge is 2.14. The van der Waals surface area contributed by atoms with Crippen LogP contribution in [-0.4, -0.2) is 49.9 Å². The minimum absolute atomic E-state index is 0.179. The number of amides is 1. The van der Waals surface area contributed by atoms with Crippen molar-refractivity contribution >= 4 is 23.0 Å². The number of fused-ring (bicyclic) bond motifs is 1. The summed E-state index contributed by atoms with van der Waals surface area (Å²) in [4.78, 5) is 17.6. The number of allylic oxidation sites excluding steroid dienone is 1. The number of aryl methyl sites for hydroxylation is 1. The number of carbonyl (C=O) groups is 1. The summed E-state index contributed by atoms with van der Waals surface area (Å²) in [7, 11) is 4.76. The topological polar surface area (TPSA) is 83.8 Å². The number of hydrogen-bond donors (Lipinski definition) is 1. The van der Waals surface area contributed by atoms with Crippen molar-refractivity contribution in [2.75, 3.05) is 34.5 Å². The zero-order valence-electron chi connectivity index (χ0n) is 22.9. The molecule has 8 nitrogen and oxygen atoms in total. The number of nitrogens with zero attached hydrogens (tertiary/aromatic N) is 2. The van der Waals surface area contributed by atoms with Gasteiger partial charge in [-0.25, -0.2) is 4.98 Å². The normalized spacial score (nSPS) is 11.1. The number of imidazole rings is 1. The molecule has 0 aliphatic carbocycles. The summed E-state index contributed by atoms with van der Waals surface area (Å²) in [6.07, 6.45) is 5.39. The summed E-state index contributed by atoms with van der Waals surface area (Å²) < 4.78 is 24.3. The fourth-order valence-corrected chi connectivity index (χ4v) is 4.44. The highest BCUT2D eigenvalue weighted by molar-refractivity contribution is 5.94. The Bertz CT molecular complexity index is 1440. The van der Waals surface area contributed by atoms with Gasteiger partial charge in [0, 0.05) is 25.1 Å². The van der Waals surface area contributed by atoms with Crippen molar-refractivity contribution in [3.63, 3.8) is 0 Å². The average Bonchev–Trinajstić information content (AvgIpc) is 3.32. The lowest BCUT2D eigenvalue weighted by Gasteiger charge is -2.13. The zero-order valence-corrected chi connectivity index (χ0v) is 22.9. The lowest BCUT2D eigenvalue weighted by Crippen LogP contribution is -2.26. The highest BCUT2D eigenvalue weighted by atomic mass is 16.5. The molecule has 0 aliphatic rings. The number of ether oxygens (including phenoxy) is 4. The van der Waals surface area contributed by atoms with E-state index < -0.39 is 0 Å². The van der Waals surface area contributed by atoms with E-state index in [0.717, 1.165) is 41.1 Å². The van der Waals surface area contributed by atoms with Crippen molar-refractivity contribution in [1.82, 2.24) is 14.9 Å². The van der Waals surface area contributed by atoms with Gasteiger partial charge in [-0.2, -0.15) is 0 Å². The third-order valence-corrected chi connectivity index (χ3v) is 6.34. The van der Waals surface area contributed by atoms with Crippen molar-refractivity contribution in [2.24, 2.45) is 0 Å². The van der Waals surface area contributed by atoms with Crippen LogP contribution in [0.4, 0.5) is 0 Å². The van der Waals surface area contributed by atoms with Gasteiger partial charge in [0.25, 0.3) is 5.91 Å². The molecule has 0 aliphatic heterocycles. The molecule has 204 valence electrons. The molecule has 8 heteroatoms. The van der Waals surface area contributed by atoms with Crippen LogP contribution >= 0.6 is 0 Å². The van der Waals surface area contributed by atoms with Crippen molar-refractivity contribution in [3.05, 3.63) is 83.7 Å². The van der Waals surface area contributed by atoms with Crippen molar-refractivity contribution < 1.29 is 23.7 Å². The summed E-state index contributed by atoms with van der Waals surface area (Å²) in [6, 6.07) is 19.1. The minimum Gasteiger partial charge on any atom is -0.493 e. The van der Waals surface area contributed by atoms with Crippen LogP contribution in [0.5, 0.6) is 23.0 Å². The van der Waals surface area contributed by atoms with Gasteiger partial charge in [-0.15, -0.1) is 0 Å². The van der Waals surface area contributed by atoms with Gasteiger partial charge in [-0.05, 0) is 61.4 Å². The Morgan fingerprint density at radius 1 is 0.923 bits per heavy atom. The zero-order chi connectivity index (χ0) is 27.6. The smallest absolute Gasteiger partial charge is 0.251 e. The van der Waals surface area contributed by atoms with Gasteiger partial charge in [-0.1, -0.05) is 30.4 Å². The van der Waals surface area contributed by atoms with E-state index in [1.165, 1.54) is 0 Å². The van der Waals surface area contributed by atoms with E-state index in [0.29, 0.717) is 42.4 Å². The van der Waals surface area contributed by atoms with Crippen LogP contribution in [0.15, 0.2) is 66.7 Å². The standard InChI is InChI=1S/C31H35N3O5/c1-5-9-22-12-14-27(28(20-22)37-3)39-19-8-18-34-25-11-7-6-10-24(25)33-30(34)16-17-32-31(35)23-13-15-26(36-2)29(21-23)38-4/h5-7,9-15,20-21H,8,16-19H2,1-4H3,(H,32,35)/b9-5+. The predicted molar refractivity (Wildman–Crippen MR) is 153 cm³/mol. The molecule has 0 bridgehead atoms. The van der Waals surface area contributed by atoms with Crippen LogP contribution in [-0.2, 0) is 13.0 Å². The molecule has 39 heavy (non-hydrogen) atoms. The number of rotatable bonds is 13. The fraction of sp³-hybridized carbons (Fsp3) is 0.290. The van der Waals surface area contributed by atoms with Crippen LogP contribution in [0.3, 0.4) is 0 Å². The fourth-order valence-electron chi connectivity index (χ4n) is 4.44. The van der Waals surface area contributed by atoms with Crippen LogP contribution in [0.25, 0.3) is 17.1 Å². The molecule has 0 saturated heterocycles. The minimum atomic E-state index is -0.179. The Morgan fingerprint density at radius 3 is 2.44 bits per heavy atom. The molecule has 4 aromatic rings. The van der Waals surface area contributed by atoms with Crippen molar-refractivity contribution in [2.45, 2.75) is 26.3 Å². The van der Waals surface area contributed by atoms with Crippen molar-refractivity contribution in [1.29, 1.82) is 0 Å². The second-order valence-corrected chi connectivity index (χ2v) is 8.86. The van der Waals surface area contributed by atoms with Crippen LogP contribution in [0.1, 0.15) is 35.1 Å². The van der Waals surface area contributed by atoms with Crippen LogP contribution in [0, 0.1) is 0 Å². The Morgan fingerprint density at radius 2 is 1.67 bits per heavy atom. The molecule has 0 fully saturated rings. The quantitative estimate of drug-likeness (QED) is 0.229. The number of aromatic nitrogens is 2.